The van der Waals surface area contributed by atoms with Gasteiger partial charge in [0.25, 0.3) is 0 Å². The summed E-state index contributed by atoms with van der Waals surface area (Å²) in [6, 6.07) is 10.8. The molecule has 2 fully saturated rings. The molecule has 0 spiro atoms. The first-order valence-corrected chi connectivity index (χ1v) is 11.0. The molecule has 2 N–H and O–H groups in total. The van der Waals surface area contributed by atoms with Gasteiger partial charge in [-0.1, -0.05) is 30.3 Å². The molecule has 1 heterocycles. The minimum absolute atomic E-state index is 0.0981. The van der Waals surface area contributed by atoms with Crippen molar-refractivity contribution in [2.75, 3.05) is 33.3 Å². The fraction of sp³-hybridized carbons (Fsp3) is 0.652. The maximum atomic E-state index is 12.8. The van der Waals surface area contributed by atoms with Crippen molar-refractivity contribution in [2.24, 2.45) is 5.92 Å². The zero-order valence-electron chi connectivity index (χ0n) is 17.6. The molecule has 2 amide bonds. The first-order chi connectivity index (χ1) is 14.1. The minimum Gasteiger partial charge on any atom is -0.396 e. The lowest BCUT2D eigenvalue weighted by molar-refractivity contribution is -0.131. The quantitative estimate of drug-likeness (QED) is 0.593. The summed E-state index contributed by atoms with van der Waals surface area (Å²) < 4.78 is 0. The highest BCUT2D eigenvalue weighted by Gasteiger charge is 2.38. The molecule has 29 heavy (non-hydrogen) atoms. The number of nitrogens with zero attached hydrogens (tertiary/aromatic N) is 2. The maximum Gasteiger partial charge on any atom is 0.223 e. The summed E-state index contributed by atoms with van der Waals surface area (Å²) in [5, 5.41) is 11.9. The Kier molecular flexibility index (Phi) is 8.07. The predicted octanol–water partition coefficient (Wildman–Crippen LogP) is 1.82. The van der Waals surface area contributed by atoms with E-state index >= 15 is 0 Å². The van der Waals surface area contributed by atoms with Gasteiger partial charge in [-0.15, -0.1) is 0 Å². The molecule has 1 aliphatic carbocycles. The number of nitrogens with one attached hydrogen (secondary N) is 1. The molecular formula is C23H35N3O3. The monoisotopic (exact) mass is 401 g/mol. The van der Waals surface area contributed by atoms with E-state index in [2.05, 4.69) is 22.3 Å². The van der Waals surface area contributed by atoms with E-state index < -0.39 is 0 Å². The largest absolute Gasteiger partial charge is 0.396 e. The topological polar surface area (TPSA) is 72.9 Å². The Morgan fingerprint density at radius 2 is 1.86 bits per heavy atom. The first-order valence-electron chi connectivity index (χ1n) is 11.0. The van der Waals surface area contributed by atoms with Crippen LogP contribution in [0.15, 0.2) is 30.3 Å². The average molecular weight is 402 g/mol. The van der Waals surface area contributed by atoms with Gasteiger partial charge in [-0.2, -0.15) is 0 Å². The van der Waals surface area contributed by atoms with Gasteiger partial charge in [0, 0.05) is 51.6 Å². The van der Waals surface area contributed by atoms with Crippen LogP contribution in [0.4, 0.5) is 0 Å². The molecule has 0 aromatic heterocycles. The Morgan fingerprint density at radius 1 is 1.14 bits per heavy atom. The number of hydrogen-bond donors (Lipinski definition) is 2. The highest BCUT2D eigenvalue weighted by Crippen LogP contribution is 2.35. The van der Waals surface area contributed by atoms with E-state index in [1.165, 1.54) is 18.4 Å². The van der Waals surface area contributed by atoms with Crippen LogP contribution in [0.1, 0.15) is 44.1 Å². The molecule has 1 aromatic carbocycles. The third kappa shape index (κ3) is 6.82. The number of carbonyl (C=O) groups excluding carboxylic acids is 2. The second kappa shape index (κ2) is 10.7. The van der Waals surface area contributed by atoms with E-state index in [-0.39, 0.29) is 30.9 Å². The van der Waals surface area contributed by atoms with E-state index in [1.807, 2.05) is 30.1 Å². The lowest BCUT2D eigenvalue weighted by atomic mass is 10.1. The standard InChI is InChI=1S/C23H35N3O3/c1-25(13-11-18-5-3-2-4-6-18)23(29)15-20-9-10-21(16-24-22(28)12-14-27)26(20)17-19-7-8-19/h2-6,19-21,27H,7-17H2,1H3,(H,24,28)/t20-,21+/m1/s1. The molecule has 6 heteroatoms. The molecule has 0 bridgehead atoms. The molecule has 160 valence electrons. The fourth-order valence-corrected chi connectivity index (χ4v) is 4.20. The molecular weight excluding hydrogens is 366 g/mol. The summed E-state index contributed by atoms with van der Waals surface area (Å²) in [6.07, 6.45) is 6.15. The summed E-state index contributed by atoms with van der Waals surface area (Å²) in [5.74, 6) is 0.855. The highest BCUT2D eigenvalue weighted by molar-refractivity contribution is 5.77. The number of likely N-dealkylation sites (N-methyl/N-ethyl adjacent to an activating group) is 1. The molecule has 1 saturated carbocycles. The molecule has 2 aliphatic rings. The van der Waals surface area contributed by atoms with Crippen molar-refractivity contribution in [3.8, 4) is 0 Å². The normalized spacial score (nSPS) is 21.9. The number of aliphatic hydroxyl groups is 1. The Morgan fingerprint density at radius 3 is 2.55 bits per heavy atom. The molecule has 0 radical (unpaired) electrons. The van der Waals surface area contributed by atoms with Crippen LogP contribution in [0.5, 0.6) is 0 Å². The Labute approximate surface area is 174 Å². The number of hydrogen-bond acceptors (Lipinski definition) is 4. The van der Waals surface area contributed by atoms with Crippen LogP contribution in [-0.2, 0) is 16.0 Å². The Bertz CT molecular complexity index is 663. The van der Waals surface area contributed by atoms with Gasteiger partial charge < -0.3 is 15.3 Å². The van der Waals surface area contributed by atoms with Gasteiger partial charge in [0.15, 0.2) is 0 Å². The van der Waals surface area contributed by atoms with Crippen molar-refractivity contribution in [2.45, 2.75) is 57.0 Å². The van der Waals surface area contributed by atoms with E-state index in [9.17, 15) is 9.59 Å². The first kappa shape index (κ1) is 21.8. The number of aliphatic hydroxyl groups excluding tert-OH is 1. The van der Waals surface area contributed by atoms with Crippen LogP contribution in [0.2, 0.25) is 0 Å². The van der Waals surface area contributed by atoms with Crippen molar-refractivity contribution < 1.29 is 14.7 Å². The second-order valence-corrected chi connectivity index (χ2v) is 8.56. The molecule has 0 unspecified atom stereocenters. The summed E-state index contributed by atoms with van der Waals surface area (Å²) >= 11 is 0. The number of carbonyl (C=O) groups is 2. The molecule has 1 aromatic rings. The van der Waals surface area contributed by atoms with Crippen molar-refractivity contribution in [3.05, 3.63) is 35.9 Å². The third-order valence-electron chi connectivity index (χ3n) is 6.23. The maximum absolute atomic E-state index is 12.8. The van der Waals surface area contributed by atoms with Crippen LogP contribution in [0.25, 0.3) is 0 Å². The highest BCUT2D eigenvalue weighted by atomic mass is 16.3. The lowest BCUT2D eigenvalue weighted by Gasteiger charge is -2.31. The van der Waals surface area contributed by atoms with Crippen molar-refractivity contribution >= 4 is 11.8 Å². The molecule has 1 aliphatic heterocycles. The van der Waals surface area contributed by atoms with Gasteiger partial charge in [0.05, 0.1) is 6.61 Å². The minimum atomic E-state index is -0.116. The molecule has 1 saturated heterocycles. The average Bonchev–Trinajstić information content (AvgIpc) is 3.47. The van der Waals surface area contributed by atoms with E-state index in [0.717, 1.165) is 38.3 Å². The second-order valence-electron chi connectivity index (χ2n) is 8.56. The zero-order valence-corrected chi connectivity index (χ0v) is 17.6. The molecule has 3 rings (SSSR count). The zero-order chi connectivity index (χ0) is 20.6. The summed E-state index contributed by atoms with van der Waals surface area (Å²) in [6.45, 7) is 2.26. The van der Waals surface area contributed by atoms with Crippen LogP contribution in [0, 0.1) is 5.92 Å². The van der Waals surface area contributed by atoms with E-state index in [4.69, 9.17) is 5.11 Å². The third-order valence-corrected chi connectivity index (χ3v) is 6.23. The summed E-state index contributed by atoms with van der Waals surface area (Å²) in [4.78, 5) is 28.9. The van der Waals surface area contributed by atoms with Gasteiger partial charge in [-0.05, 0) is 43.6 Å². The van der Waals surface area contributed by atoms with Crippen molar-refractivity contribution in [3.63, 3.8) is 0 Å². The van der Waals surface area contributed by atoms with Gasteiger partial charge in [-0.25, -0.2) is 0 Å². The lowest BCUT2D eigenvalue weighted by Crippen LogP contribution is -2.45. The van der Waals surface area contributed by atoms with Crippen LogP contribution >= 0.6 is 0 Å². The number of rotatable bonds is 11. The van der Waals surface area contributed by atoms with Crippen LogP contribution in [-0.4, -0.2) is 72.1 Å². The van der Waals surface area contributed by atoms with Gasteiger partial charge in [-0.3, -0.25) is 14.5 Å². The summed E-state index contributed by atoms with van der Waals surface area (Å²) in [5.41, 5.74) is 1.25. The number of amides is 2. The van der Waals surface area contributed by atoms with Gasteiger partial charge in [0.1, 0.15) is 0 Å². The van der Waals surface area contributed by atoms with Gasteiger partial charge >= 0.3 is 0 Å². The van der Waals surface area contributed by atoms with Gasteiger partial charge in [0.2, 0.25) is 11.8 Å². The number of likely N-dealkylation sites (tertiary alicyclic amines) is 1. The number of benzene rings is 1. The van der Waals surface area contributed by atoms with E-state index in [1.54, 1.807) is 0 Å². The Balaban J connectivity index is 1.49. The molecule has 6 nitrogen and oxygen atoms in total. The van der Waals surface area contributed by atoms with Crippen molar-refractivity contribution in [1.82, 2.24) is 15.1 Å². The smallest absolute Gasteiger partial charge is 0.223 e. The summed E-state index contributed by atoms with van der Waals surface area (Å²) in [7, 11) is 1.90. The SMILES string of the molecule is CN(CCc1ccccc1)C(=O)C[C@H]1CC[C@@H](CNC(=O)CCO)N1CC1CC1. The fourth-order valence-electron chi connectivity index (χ4n) is 4.20. The van der Waals surface area contributed by atoms with Crippen molar-refractivity contribution in [1.29, 1.82) is 0 Å². The van der Waals surface area contributed by atoms with E-state index in [0.29, 0.717) is 19.0 Å². The van der Waals surface area contributed by atoms with Crippen LogP contribution < -0.4 is 5.32 Å². The predicted molar refractivity (Wildman–Crippen MR) is 113 cm³/mol. The van der Waals surface area contributed by atoms with Crippen LogP contribution in [0.3, 0.4) is 0 Å². The molecule has 2 atom stereocenters. The Hall–Kier alpha value is -1.92.